The summed E-state index contributed by atoms with van der Waals surface area (Å²) >= 11 is 0. The average Bonchev–Trinajstić information content (AvgIpc) is 2.33. The molecule has 0 amide bonds. The maximum absolute atomic E-state index is 11.4. The number of carbonyl (C=O) groups is 1. The molecule has 3 unspecified atom stereocenters. The van der Waals surface area contributed by atoms with E-state index in [2.05, 4.69) is 0 Å². The van der Waals surface area contributed by atoms with E-state index in [1.807, 2.05) is 13.8 Å². The van der Waals surface area contributed by atoms with E-state index in [4.69, 9.17) is 4.74 Å². The normalized spacial score (nSPS) is 35.4. The van der Waals surface area contributed by atoms with Crippen LogP contribution >= 0.6 is 8.46 Å². The Balaban J connectivity index is 2.82. The first-order valence-corrected chi connectivity index (χ1v) is 7.05. The van der Waals surface area contributed by atoms with Crippen LogP contribution in [0.3, 0.4) is 0 Å². The molecule has 6 atom stereocenters. The molecule has 1 aliphatic rings. The molecule has 0 aliphatic carbocycles. The summed E-state index contributed by atoms with van der Waals surface area (Å²) in [6, 6.07) is 0. The summed E-state index contributed by atoms with van der Waals surface area (Å²) in [5, 5.41) is 19.4. The number of ether oxygens (including phenoxy) is 1. The number of cyclic esters (lactones) is 1. The molecule has 1 aliphatic heterocycles. The number of carbonyl (C=O) groups excluding carboxylic acids is 1. The van der Waals surface area contributed by atoms with Crippen molar-refractivity contribution in [3.63, 3.8) is 0 Å². The summed E-state index contributed by atoms with van der Waals surface area (Å²) in [4.78, 5) is 11.4. The quantitative estimate of drug-likeness (QED) is 0.377. The number of aliphatic hydroxyl groups excluding tert-OH is 2. The summed E-state index contributed by atoms with van der Waals surface area (Å²) in [6.45, 7) is 4.22. The second kappa shape index (κ2) is 6.62. The van der Waals surface area contributed by atoms with E-state index in [1.165, 1.54) is 0 Å². The molecule has 0 aromatic heterocycles. The Bertz CT molecular complexity index is 291. The van der Waals surface area contributed by atoms with Crippen LogP contribution in [0.5, 0.6) is 0 Å². The van der Waals surface area contributed by atoms with E-state index in [-0.39, 0.29) is 20.0 Å². The molecular weight excluding hydrogens is 241 g/mol. The van der Waals surface area contributed by atoms with Crippen molar-refractivity contribution in [2.24, 2.45) is 5.92 Å². The third-order valence-electron chi connectivity index (χ3n) is 3.18. The Kier molecular flexibility index (Phi) is 5.77. The second-order valence-corrected chi connectivity index (χ2v) is 5.81. The molecule has 0 radical (unpaired) electrons. The number of hydrogen-bond acceptors (Lipinski definition) is 5. The SMILES string of the molecule is CC[C@H](C)C1OC(=O)C(O)[C@@H](O)[C@@H]1PBB=O. The van der Waals surface area contributed by atoms with Crippen molar-refractivity contribution < 1.29 is 24.4 Å². The molecule has 1 saturated heterocycles. The fourth-order valence-corrected chi connectivity index (χ4v) is 3.35. The zero-order chi connectivity index (χ0) is 13.0. The zero-order valence-electron chi connectivity index (χ0n) is 10.00. The van der Waals surface area contributed by atoms with E-state index in [0.29, 0.717) is 6.89 Å². The summed E-state index contributed by atoms with van der Waals surface area (Å²) < 4.78 is 15.6. The van der Waals surface area contributed by atoms with Gasteiger partial charge >= 0.3 is 103 Å². The first-order chi connectivity index (χ1) is 8.02. The molecule has 1 rings (SSSR count). The van der Waals surface area contributed by atoms with Gasteiger partial charge < -0.3 is 0 Å². The monoisotopic (exact) mass is 258 g/mol. The van der Waals surface area contributed by atoms with Crippen molar-refractivity contribution in [2.75, 3.05) is 0 Å². The molecule has 0 aromatic carbocycles. The molecule has 0 spiro atoms. The van der Waals surface area contributed by atoms with Crippen LogP contribution in [0.1, 0.15) is 20.3 Å². The van der Waals surface area contributed by atoms with Crippen LogP contribution in [-0.2, 0) is 14.2 Å². The van der Waals surface area contributed by atoms with E-state index >= 15 is 0 Å². The molecule has 17 heavy (non-hydrogen) atoms. The second-order valence-electron chi connectivity index (χ2n) is 4.32. The van der Waals surface area contributed by atoms with Gasteiger partial charge in [-0.1, -0.05) is 0 Å². The maximum atomic E-state index is 11.4. The van der Waals surface area contributed by atoms with Crippen LogP contribution in [0.25, 0.3) is 0 Å². The van der Waals surface area contributed by atoms with Crippen molar-refractivity contribution in [3.8, 4) is 0 Å². The van der Waals surface area contributed by atoms with Gasteiger partial charge in [-0.2, -0.15) is 0 Å². The molecule has 8 heteroatoms. The standard InChI is InChI=1S/C9H17B2O5P/c1-3-4(2)7-8(17-11-10-15)5(12)6(13)9(14)16-7/h4-8,11-13,17H,3H2,1-2H3/t4-,5+,6?,7?,8-/m0/s1. The zero-order valence-corrected chi connectivity index (χ0v) is 11.0. The van der Waals surface area contributed by atoms with Gasteiger partial charge in [0.15, 0.2) is 0 Å². The van der Waals surface area contributed by atoms with Crippen LogP contribution in [-0.4, -0.2) is 54.1 Å². The Morgan fingerprint density at radius 3 is 2.76 bits per heavy atom. The average molecular weight is 258 g/mol. The van der Waals surface area contributed by atoms with E-state index in [9.17, 15) is 19.7 Å². The molecule has 1 fully saturated rings. The first kappa shape index (κ1) is 14.8. The molecule has 2 N–H and O–H groups in total. The molecule has 0 aromatic rings. The number of esters is 1. The van der Waals surface area contributed by atoms with Gasteiger partial charge in [-0.15, -0.1) is 0 Å². The fourth-order valence-electron chi connectivity index (χ4n) is 1.93. The van der Waals surface area contributed by atoms with Gasteiger partial charge in [0.05, 0.1) is 0 Å². The molecular formula is C9H17B2O5P. The van der Waals surface area contributed by atoms with Gasteiger partial charge in [-0.25, -0.2) is 0 Å². The predicted molar refractivity (Wildman–Crippen MR) is 67.0 cm³/mol. The molecule has 1 heterocycles. The minimum atomic E-state index is -1.49. The van der Waals surface area contributed by atoms with Gasteiger partial charge in [-0.05, 0) is 0 Å². The Labute approximate surface area is 104 Å². The predicted octanol–water partition coefficient (Wildman–Crippen LogP) is -0.957. The van der Waals surface area contributed by atoms with Gasteiger partial charge in [-0.3, -0.25) is 0 Å². The van der Waals surface area contributed by atoms with Crippen LogP contribution in [0.15, 0.2) is 0 Å². The Morgan fingerprint density at radius 2 is 2.24 bits per heavy atom. The fraction of sp³-hybridized carbons (Fsp3) is 0.889. The molecule has 0 bridgehead atoms. The van der Waals surface area contributed by atoms with Gasteiger partial charge in [0, 0.05) is 0 Å². The van der Waals surface area contributed by atoms with E-state index < -0.39 is 24.3 Å². The third kappa shape index (κ3) is 3.36. The van der Waals surface area contributed by atoms with Crippen LogP contribution in [0.4, 0.5) is 0 Å². The van der Waals surface area contributed by atoms with Crippen molar-refractivity contribution in [1.82, 2.24) is 0 Å². The third-order valence-corrected chi connectivity index (χ3v) is 4.72. The summed E-state index contributed by atoms with van der Waals surface area (Å²) in [6.07, 6.45) is -2.22. The number of rotatable bonds is 5. The molecule has 0 saturated carbocycles. The van der Waals surface area contributed by atoms with Crippen molar-refractivity contribution in [3.05, 3.63) is 0 Å². The number of aliphatic hydroxyl groups is 2. The topological polar surface area (TPSA) is 83.8 Å². The summed E-state index contributed by atoms with van der Waals surface area (Å²) in [5.74, 6) is -0.666. The molecule has 94 valence electrons. The van der Waals surface area contributed by atoms with E-state index in [0.717, 1.165) is 13.5 Å². The van der Waals surface area contributed by atoms with Crippen LogP contribution < -0.4 is 0 Å². The summed E-state index contributed by atoms with van der Waals surface area (Å²) in [5.41, 5.74) is -0.345. The Hall–Kier alpha value is -0.250. The van der Waals surface area contributed by atoms with Crippen molar-refractivity contribution in [1.29, 1.82) is 0 Å². The number of hydrogen-bond donors (Lipinski definition) is 2. The van der Waals surface area contributed by atoms with Gasteiger partial charge in [0.25, 0.3) is 0 Å². The van der Waals surface area contributed by atoms with Crippen molar-refractivity contribution >= 4 is 28.4 Å². The Morgan fingerprint density at radius 1 is 1.59 bits per heavy atom. The molecule has 5 nitrogen and oxygen atoms in total. The first-order valence-electron chi connectivity index (χ1n) is 5.76. The van der Waals surface area contributed by atoms with Crippen LogP contribution in [0.2, 0.25) is 0 Å². The van der Waals surface area contributed by atoms with Gasteiger partial charge in [0.2, 0.25) is 0 Å². The van der Waals surface area contributed by atoms with Crippen molar-refractivity contribution in [2.45, 2.75) is 44.2 Å². The van der Waals surface area contributed by atoms with Crippen LogP contribution in [0, 0.1) is 5.92 Å². The van der Waals surface area contributed by atoms with E-state index in [1.54, 1.807) is 0 Å². The minimum absolute atomic E-state index is 0.102. The van der Waals surface area contributed by atoms with Gasteiger partial charge in [0.1, 0.15) is 0 Å². The summed E-state index contributed by atoms with van der Waals surface area (Å²) in [7, 11) is 0.938.